The zero-order chi connectivity index (χ0) is 13.8. The monoisotopic (exact) mass is 260 g/mol. The Labute approximate surface area is 118 Å². The van der Waals surface area contributed by atoms with Gasteiger partial charge in [0.25, 0.3) is 0 Å². The molecule has 1 aromatic carbocycles. The van der Waals surface area contributed by atoms with Gasteiger partial charge in [-0.2, -0.15) is 0 Å². The Morgan fingerprint density at radius 1 is 1.16 bits per heavy atom. The van der Waals surface area contributed by atoms with Gasteiger partial charge in [-0.1, -0.05) is 44.2 Å². The smallest absolute Gasteiger partial charge is 0.0247 e. The van der Waals surface area contributed by atoms with E-state index in [1.165, 1.54) is 5.56 Å². The van der Waals surface area contributed by atoms with Crippen LogP contribution in [0.4, 0.5) is 0 Å². The quantitative estimate of drug-likeness (QED) is 0.895. The lowest BCUT2D eigenvalue weighted by Gasteiger charge is -2.44. The van der Waals surface area contributed by atoms with E-state index >= 15 is 0 Å². The third-order valence-electron chi connectivity index (χ3n) is 4.23. The Bertz CT molecular complexity index is 372. The molecule has 1 aliphatic rings. The highest BCUT2D eigenvalue weighted by molar-refractivity contribution is 5.16. The molecule has 0 aromatic heterocycles. The fourth-order valence-corrected chi connectivity index (χ4v) is 3.11. The average Bonchev–Trinajstić information content (AvgIpc) is 2.39. The molecule has 1 fully saturated rings. The summed E-state index contributed by atoms with van der Waals surface area (Å²) in [7, 11) is 0. The molecule has 1 heterocycles. The van der Waals surface area contributed by atoms with Crippen molar-refractivity contribution < 1.29 is 0 Å². The summed E-state index contributed by atoms with van der Waals surface area (Å²) in [6.45, 7) is 11.6. The number of piperazine rings is 1. The van der Waals surface area contributed by atoms with E-state index in [1.807, 2.05) is 0 Å². The van der Waals surface area contributed by atoms with Crippen LogP contribution in [0.2, 0.25) is 0 Å². The lowest BCUT2D eigenvalue weighted by atomic mass is 9.94. The summed E-state index contributed by atoms with van der Waals surface area (Å²) in [5.41, 5.74) is 1.44. The first-order chi connectivity index (χ1) is 9.08. The molecule has 0 aliphatic carbocycles. The first-order valence-electron chi connectivity index (χ1n) is 7.61. The van der Waals surface area contributed by atoms with Crippen molar-refractivity contribution in [3.05, 3.63) is 35.9 Å². The van der Waals surface area contributed by atoms with E-state index in [9.17, 15) is 0 Å². The zero-order valence-electron chi connectivity index (χ0n) is 12.8. The molecule has 2 atom stereocenters. The van der Waals surface area contributed by atoms with Crippen LogP contribution in [-0.2, 0) is 6.42 Å². The van der Waals surface area contributed by atoms with Gasteiger partial charge in [0.05, 0.1) is 0 Å². The second-order valence-corrected chi connectivity index (χ2v) is 6.40. The summed E-state index contributed by atoms with van der Waals surface area (Å²) >= 11 is 0. The van der Waals surface area contributed by atoms with E-state index in [1.54, 1.807) is 0 Å². The molecule has 0 bridgehead atoms. The molecule has 1 aromatic rings. The van der Waals surface area contributed by atoms with Crippen LogP contribution in [0.3, 0.4) is 0 Å². The molecule has 0 amide bonds. The van der Waals surface area contributed by atoms with Gasteiger partial charge >= 0.3 is 0 Å². The highest BCUT2D eigenvalue weighted by Crippen LogP contribution is 2.19. The SMILES string of the molecule is CC(C)C1CNC(Cc2ccccc2)CN1C(C)C. The van der Waals surface area contributed by atoms with E-state index < -0.39 is 0 Å². The lowest BCUT2D eigenvalue weighted by molar-refractivity contribution is 0.0692. The highest BCUT2D eigenvalue weighted by Gasteiger charge is 2.31. The van der Waals surface area contributed by atoms with Crippen molar-refractivity contribution in [2.45, 2.75) is 52.2 Å². The summed E-state index contributed by atoms with van der Waals surface area (Å²) in [6, 6.07) is 12.7. The molecule has 106 valence electrons. The maximum absolute atomic E-state index is 3.74. The van der Waals surface area contributed by atoms with Gasteiger partial charge in [-0.3, -0.25) is 4.90 Å². The van der Waals surface area contributed by atoms with Gasteiger partial charge in [0, 0.05) is 31.2 Å². The number of benzene rings is 1. The van der Waals surface area contributed by atoms with Crippen LogP contribution in [0, 0.1) is 5.92 Å². The minimum absolute atomic E-state index is 0.583. The first-order valence-corrected chi connectivity index (χ1v) is 7.61. The maximum atomic E-state index is 3.74. The van der Waals surface area contributed by atoms with Crippen molar-refractivity contribution >= 4 is 0 Å². The molecule has 19 heavy (non-hydrogen) atoms. The highest BCUT2D eigenvalue weighted by atomic mass is 15.3. The Morgan fingerprint density at radius 2 is 1.84 bits per heavy atom. The molecule has 1 N–H and O–H groups in total. The third kappa shape index (κ3) is 3.80. The summed E-state index contributed by atoms with van der Waals surface area (Å²) < 4.78 is 0. The van der Waals surface area contributed by atoms with Crippen LogP contribution in [0.25, 0.3) is 0 Å². The third-order valence-corrected chi connectivity index (χ3v) is 4.23. The van der Waals surface area contributed by atoms with Gasteiger partial charge in [0.15, 0.2) is 0 Å². The molecular weight excluding hydrogens is 232 g/mol. The molecule has 1 saturated heterocycles. The molecule has 2 unspecified atom stereocenters. The van der Waals surface area contributed by atoms with E-state index in [0.29, 0.717) is 24.0 Å². The van der Waals surface area contributed by atoms with E-state index in [0.717, 1.165) is 19.5 Å². The van der Waals surface area contributed by atoms with Gasteiger partial charge in [-0.15, -0.1) is 0 Å². The van der Waals surface area contributed by atoms with Crippen LogP contribution in [0.1, 0.15) is 33.3 Å². The van der Waals surface area contributed by atoms with E-state index in [-0.39, 0.29) is 0 Å². The van der Waals surface area contributed by atoms with Gasteiger partial charge in [-0.25, -0.2) is 0 Å². The van der Waals surface area contributed by atoms with Crippen LogP contribution in [0.5, 0.6) is 0 Å². The summed E-state index contributed by atoms with van der Waals surface area (Å²) in [5.74, 6) is 0.715. The van der Waals surface area contributed by atoms with Crippen molar-refractivity contribution in [2.75, 3.05) is 13.1 Å². The summed E-state index contributed by atoms with van der Waals surface area (Å²) in [5, 5.41) is 3.74. The van der Waals surface area contributed by atoms with Crippen LogP contribution < -0.4 is 5.32 Å². The molecule has 2 rings (SSSR count). The Balaban J connectivity index is 1.99. The predicted molar refractivity (Wildman–Crippen MR) is 82.4 cm³/mol. The molecule has 2 nitrogen and oxygen atoms in total. The largest absolute Gasteiger partial charge is 0.311 e. The molecule has 2 heteroatoms. The Kier molecular flexibility index (Phi) is 5.00. The number of rotatable bonds is 4. The molecule has 1 aliphatic heterocycles. The van der Waals surface area contributed by atoms with E-state index in [2.05, 4.69) is 68.2 Å². The maximum Gasteiger partial charge on any atom is 0.0247 e. The van der Waals surface area contributed by atoms with Crippen molar-refractivity contribution in [1.82, 2.24) is 10.2 Å². The van der Waals surface area contributed by atoms with E-state index in [4.69, 9.17) is 0 Å². The average molecular weight is 260 g/mol. The van der Waals surface area contributed by atoms with Crippen LogP contribution in [0.15, 0.2) is 30.3 Å². The number of hydrogen-bond donors (Lipinski definition) is 1. The lowest BCUT2D eigenvalue weighted by Crippen LogP contribution is -2.60. The second kappa shape index (κ2) is 6.53. The topological polar surface area (TPSA) is 15.3 Å². The molecule has 0 radical (unpaired) electrons. The normalized spacial score (nSPS) is 25.2. The Morgan fingerprint density at radius 3 is 2.42 bits per heavy atom. The molecule has 0 saturated carbocycles. The minimum Gasteiger partial charge on any atom is -0.311 e. The second-order valence-electron chi connectivity index (χ2n) is 6.40. The number of hydrogen-bond acceptors (Lipinski definition) is 2. The van der Waals surface area contributed by atoms with Crippen molar-refractivity contribution in [1.29, 1.82) is 0 Å². The van der Waals surface area contributed by atoms with Crippen molar-refractivity contribution in [2.24, 2.45) is 5.92 Å². The fraction of sp³-hybridized carbons (Fsp3) is 0.647. The van der Waals surface area contributed by atoms with Crippen molar-refractivity contribution in [3.8, 4) is 0 Å². The van der Waals surface area contributed by atoms with Gasteiger partial charge in [0.1, 0.15) is 0 Å². The number of nitrogens with one attached hydrogen (secondary N) is 1. The van der Waals surface area contributed by atoms with Gasteiger partial charge < -0.3 is 5.32 Å². The van der Waals surface area contributed by atoms with Crippen molar-refractivity contribution in [3.63, 3.8) is 0 Å². The molecular formula is C17H28N2. The summed E-state index contributed by atoms with van der Waals surface area (Å²) in [6.07, 6.45) is 1.13. The predicted octanol–water partition coefficient (Wildman–Crippen LogP) is 2.94. The standard InChI is InChI=1S/C17H28N2/c1-13(2)17-11-18-16(12-19(17)14(3)4)10-15-8-6-5-7-9-15/h5-9,13-14,16-18H,10-12H2,1-4H3. The van der Waals surface area contributed by atoms with Gasteiger partial charge in [0.2, 0.25) is 0 Å². The fourth-order valence-electron chi connectivity index (χ4n) is 3.11. The minimum atomic E-state index is 0.583. The number of nitrogens with zero attached hydrogens (tertiary/aromatic N) is 1. The van der Waals surface area contributed by atoms with Crippen LogP contribution >= 0.6 is 0 Å². The molecule has 0 spiro atoms. The first kappa shape index (κ1) is 14.5. The zero-order valence-corrected chi connectivity index (χ0v) is 12.8. The van der Waals surface area contributed by atoms with Gasteiger partial charge in [-0.05, 0) is 31.7 Å². The van der Waals surface area contributed by atoms with Crippen LogP contribution in [-0.4, -0.2) is 36.1 Å². The summed E-state index contributed by atoms with van der Waals surface area (Å²) in [4.78, 5) is 2.68. The Hall–Kier alpha value is -0.860.